The number of ether oxygens (including phenoxy) is 1. The zero-order valence-electron chi connectivity index (χ0n) is 17.4. The highest BCUT2D eigenvalue weighted by Crippen LogP contribution is 2.42. The third-order valence-corrected chi connectivity index (χ3v) is 6.46. The Hall–Kier alpha value is -3.08. The summed E-state index contributed by atoms with van der Waals surface area (Å²) in [4.78, 5) is 11.6. The molecular formula is C23H11Cl2F5N2O2S. The Morgan fingerprint density at radius 1 is 0.886 bits per heavy atom. The first kappa shape index (κ1) is 25.0. The van der Waals surface area contributed by atoms with E-state index in [9.17, 15) is 26.7 Å². The maximum atomic E-state index is 14.4. The normalized spacial score (nSPS) is 11.1. The van der Waals surface area contributed by atoms with Crippen molar-refractivity contribution in [1.29, 1.82) is 0 Å². The number of aromatic nitrogens is 2. The topological polar surface area (TPSA) is 44.1 Å². The number of aryl methyl sites for hydroxylation is 1. The van der Waals surface area contributed by atoms with Crippen molar-refractivity contribution in [3.05, 3.63) is 98.9 Å². The number of halogens is 7. The number of rotatable bonds is 5. The fraction of sp³-hybridized carbons (Fsp3) is 0.0435. The summed E-state index contributed by atoms with van der Waals surface area (Å²) in [6.45, 7) is 1.42. The lowest BCUT2D eigenvalue weighted by molar-refractivity contribution is 0.0718. The lowest BCUT2D eigenvalue weighted by Crippen LogP contribution is -2.13. The van der Waals surface area contributed by atoms with E-state index in [2.05, 4.69) is 5.10 Å². The zero-order chi connectivity index (χ0) is 25.4. The zero-order valence-corrected chi connectivity index (χ0v) is 19.7. The van der Waals surface area contributed by atoms with Gasteiger partial charge in [-0.1, -0.05) is 53.2 Å². The maximum Gasteiger partial charge on any atom is 0.346 e. The molecule has 0 aliphatic rings. The standard InChI is InChI=1S/C23H11Cl2F5N2O2S/c1-10-20(35-21-18(29)16(27)15(26)17(28)19(21)30)22(32(31-10)12-5-3-2-4-6-12)34-23(33)13-8-7-11(24)9-14(13)25/h2-9H,1H3. The van der Waals surface area contributed by atoms with Crippen molar-refractivity contribution in [2.45, 2.75) is 16.7 Å². The highest BCUT2D eigenvalue weighted by Gasteiger charge is 2.30. The number of benzene rings is 3. The largest absolute Gasteiger partial charge is 0.402 e. The summed E-state index contributed by atoms with van der Waals surface area (Å²) < 4.78 is 76.5. The third-order valence-electron chi connectivity index (χ3n) is 4.68. The first-order chi connectivity index (χ1) is 16.6. The number of esters is 1. The third kappa shape index (κ3) is 4.73. The Balaban J connectivity index is 1.86. The molecule has 0 spiro atoms. The Morgan fingerprint density at radius 2 is 1.49 bits per heavy atom. The molecule has 1 aromatic heterocycles. The average Bonchev–Trinajstić information content (AvgIpc) is 3.14. The number of carbonyl (C=O) groups excluding carboxylic acids is 1. The maximum absolute atomic E-state index is 14.4. The van der Waals surface area contributed by atoms with E-state index < -0.39 is 40.0 Å². The molecule has 12 heteroatoms. The van der Waals surface area contributed by atoms with E-state index in [-0.39, 0.29) is 43.8 Å². The molecule has 0 unspecified atom stereocenters. The molecule has 4 nitrogen and oxygen atoms in total. The number of carbonyl (C=O) groups is 1. The first-order valence-corrected chi connectivity index (χ1v) is 11.2. The second-order valence-corrected chi connectivity index (χ2v) is 8.85. The fourth-order valence-corrected chi connectivity index (χ4v) is 4.47. The van der Waals surface area contributed by atoms with E-state index in [1.165, 1.54) is 25.1 Å². The Kier molecular flexibility index (Phi) is 7.07. The summed E-state index contributed by atoms with van der Waals surface area (Å²) in [5.74, 6) is -11.9. The van der Waals surface area contributed by atoms with Gasteiger partial charge < -0.3 is 4.74 Å². The average molecular weight is 545 g/mol. The van der Waals surface area contributed by atoms with E-state index in [4.69, 9.17) is 27.9 Å². The Morgan fingerprint density at radius 3 is 2.09 bits per heavy atom. The highest BCUT2D eigenvalue weighted by atomic mass is 35.5. The lowest BCUT2D eigenvalue weighted by atomic mass is 10.2. The van der Waals surface area contributed by atoms with Crippen LogP contribution < -0.4 is 4.74 Å². The molecule has 3 aromatic carbocycles. The summed E-state index contributed by atoms with van der Waals surface area (Å²) in [6, 6.07) is 12.2. The molecule has 180 valence electrons. The van der Waals surface area contributed by atoms with Gasteiger partial charge in [-0.05, 0) is 37.3 Å². The van der Waals surface area contributed by atoms with E-state index in [1.54, 1.807) is 30.3 Å². The van der Waals surface area contributed by atoms with E-state index in [0.717, 1.165) is 4.68 Å². The van der Waals surface area contributed by atoms with Crippen molar-refractivity contribution in [3.8, 4) is 11.6 Å². The molecule has 4 aromatic rings. The van der Waals surface area contributed by atoms with Crippen molar-refractivity contribution in [1.82, 2.24) is 9.78 Å². The Bertz CT molecular complexity index is 1440. The minimum Gasteiger partial charge on any atom is -0.402 e. The minimum atomic E-state index is -2.29. The van der Waals surface area contributed by atoms with Crippen LogP contribution in [0.4, 0.5) is 22.0 Å². The minimum absolute atomic E-state index is 0.0287. The molecule has 0 atom stereocenters. The van der Waals surface area contributed by atoms with Crippen molar-refractivity contribution >= 4 is 40.9 Å². The molecule has 0 amide bonds. The molecule has 0 aliphatic carbocycles. The summed E-state index contributed by atoms with van der Waals surface area (Å²) in [6.07, 6.45) is 0. The lowest BCUT2D eigenvalue weighted by Gasteiger charge is -2.12. The van der Waals surface area contributed by atoms with Crippen LogP contribution in [0.25, 0.3) is 5.69 Å². The second-order valence-electron chi connectivity index (χ2n) is 6.98. The van der Waals surface area contributed by atoms with Gasteiger partial charge >= 0.3 is 5.97 Å². The fourth-order valence-electron chi connectivity index (χ4n) is 3.02. The van der Waals surface area contributed by atoms with Gasteiger partial charge in [0.15, 0.2) is 23.3 Å². The number of nitrogens with zero attached hydrogens (tertiary/aromatic N) is 2. The summed E-state index contributed by atoms with van der Waals surface area (Å²) >= 11 is 12.1. The molecule has 0 saturated carbocycles. The number of para-hydroxylation sites is 1. The number of hydrogen-bond donors (Lipinski definition) is 0. The SMILES string of the molecule is Cc1nn(-c2ccccc2)c(OC(=O)c2ccc(Cl)cc2Cl)c1Sc1c(F)c(F)c(F)c(F)c1F. The number of hydrogen-bond acceptors (Lipinski definition) is 4. The molecule has 0 radical (unpaired) electrons. The van der Waals surface area contributed by atoms with Crippen LogP contribution in [0.5, 0.6) is 5.88 Å². The van der Waals surface area contributed by atoms with Crippen LogP contribution in [0.2, 0.25) is 10.0 Å². The Labute approximate surface area is 209 Å². The monoisotopic (exact) mass is 544 g/mol. The van der Waals surface area contributed by atoms with Crippen LogP contribution in [0.15, 0.2) is 58.3 Å². The molecule has 0 aliphatic heterocycles. The second kappa shape index (κ2) is 9.88. The summed E-state index contributed by atoms with van der Waals surface area (Å²) in [5, 5.41) is 4.47. The van der Waals surface area contributed by atoms with Crippen molar-refractivity contribution < 1.29 is 31.5 Å². The van der Waals surface area contributed by atoms with Gasteiger partial charge in [-0.25, -0.2) is 26.7 Å². The molecular weight excluding hydrogens is 534 g/mol. The van der Waals surface area contributed by atoms with E-state index in [1.807, 2.05) is 0 Å². The van der Waals surface area contributed by atoms with Crippen LogP contribution in [0.1, 0.15) is 16.1 Å². The smallest absolute Gasteiger partial charge is 0.346 e. The van der Waals surface area contributed by atoms with Gasteiger partial charge in [-0.15, -0.1) is 0 Å². The van der Waals surface area contributed by atoms with Crippen LogP contribution in [-0.2, 0) is 0 Å². The van der Waals surface area contributed by atoms with Crippen molar-refractivity contribution in [2.75, 3.05) is 0 Å². The van der Waals surface area contributed by atoms with Gasteiger partial charge in [0.05, 0.1) is 31.8 Å². The van der Waals surface area contributed by atoms with Crippen LogP contribution >= 0.6 is 35.0 Å². The quantitative estimate of drug-likeness (QED) is 0.112. The summed E-state index contributed by atoms with van der Waals surface area (Å²) in [7, 11) is 0. The van der Waals surface area contributed by atoms with Crippen LogP contribution in [-0.4, -0.2) is 15.7 Å². The predicted molar refractivity (Wildman–Crippen MR) is 120 cm³/mol. The van der Waals surface area contributed by atoms with Gasteiger partial charge in [-0.2, -0.15) is 9.78 Å². The van der Waals surface area contributed by atoms with Gasteiger partial charge in [0.1, 0.15) is 0 Å². The van der Waals surface area contributed by atoms with Crippen LogP contribution in [0.3, 0.4) is 0 Å². The van der Waals surface area contributed by atoms with Crippen molar-refractivity contribution in [2.24, 2.45) is 0 Å². The summed E-state index contributed by atoms with van der Waals surface area (Å²) in [5.41, 5.74) is 0.402. The van der Waals surface area contributed by atoms with E-state index in [0.29, 0.717) is 5.69 Å². The van der Waals surface area contributed by atoms with Gasteiger partial charge in [0, 0.05) is 5.02 Å². The molecule has 0 bridgehead atoms. The van der Waals surface area contributed by atoms with Crippen LogP contribution in [0, 0.1) is 36.0 Å². The van der Waals surface area contributed by atoms with E-state index >= 15 is 0 Å². The van der Waals surface area contributed by atoms with Gasteiger partial charge in [0.25, 0.3) is 0 Å². The predicted octanol–water partition coefficient (Wildman–Crippen LogP) is 7.55. The molecule has 35 heavy (non-hydrogen) atoms. The molecule has 1 heterocycles. The van der Waals surface area contributed by atoms with Gasteiger partial charge in [-0.3, -0.25) is 0 Å². The molecule has 0 saturated heterocycles. The van der Waals surface area contributed by atoms with Crippen molar-refractivity contribution in [3.63, 3.8) is 0 Å². The molecule has 0 N–H and O–H groups in total. The first-order valence-electron chi connectivity index (χ1n) is 9.61. The van der Waals surface area contributed by atoms with Gasteiger partial charge in [0.2, 0.25) is 11.7 Å². The highest BCUT2D eigenvalue weighted by molar-refractivity contribution is 7.99. The molecule has 4 rings (SSSR count). The molecule has 0 fully saturated rings.